The van der Waals surface area contributed by atoms with Crippen LogP contribution in [0.15, 0.2) is 0 Å². The molecule has 0 unspecified atom stereocenters. The maximum absolute atomic E-state index is 8.86. The average molecular weight is 175 g/mol. The average Bonchev–Trinajstić information content (AvgIpc) is 2.71. The van der Waals surface area contributed by atoms with Crippen LogP contribution in [0.25, 0.3) is 0 Å². The fraction of sp³-hybridized carbons (Fsp3) is 0.600. The zero-order valence-electron chi connectivity index (χ0n) is 7.80. The lowest BCUT2D eigenvalue weighted by Gasteiger charge is -2.05. The second-order valence-electron chi connectivity index (χ2n) is 3.68. The Morgan fingerprint density at radius 2 is 2.15 bits per heavy atom. The van der Waals surface area contributed by atoms with Gasteiger partial charge in [0.05, 0.1) is 5.69 Å². The van der Waals surface area contributed by atoms with Crippen molar-refractivity contribution in [1.82, 2.24) is 9.97 Å². The highest BCUT2D eigenvalue weighted by Crippen LogP contribution is 2.34. The molecule has 1 fully saturated rings. The Morgan fingerprint density at radius 1 is 1.46 bits per heavy atom. The van der Waals surface area contributed by atoms with Gasteiger partial charge in [-0.05, 0) is 19.8 Å². The second-order valence-corrected chi connectivity index (χ2v) is 3.68. The molecule has 0 radical (unpaired) electrons. The van der Waals surface area contributed by atoms with Crippen molar-refractivity contribution in [3.63, 3.8) is 0 Å². The van der Waals surface area contributed by atoms with Crippen molar-refractivity contribution in [2.24, 2.45) is 0 Å². The first-order chi connectivity index (χ1) is 6.31. The number of nitriles is 1. The van der Waals surface area contributed by atoms with E-state index in [1.807, 2.05) is 6.92 Å². The Bertz CT molecular complexity index is 340. The molecular weight excluding hydrogens is 162 g/mol. The molecule has 1 N–H and O–H groups in total. The maximum atomic E-state index is 8.86. The van der Waals surface area contributed by atoms with Gasteiger partial charge in [-0.25, -0.2) is 4.98 Å². The molecule has 0 aliphatic heterocycles. The van der Waals surface area contributed by atoms with Gasteiger partial charge in [0.15, 0.2) is 5.69 Å². The highest BCUT2D eigenvalue weighted by Gasteiger charge is 2.22. The van der Waals surface area contributed by atoms with Gasteiger partial charge in [0.2, 0.25) is 0 Å². The summed E-state index contributed by atoms with van der Waals surface area (Å²) in [5.41, 5.74) is 1.67. The molecule has 0 bridgehead atoms. The summed E-state index contributed by atoms with van der Waals surface area (Å²) in [4.78, 5) is 7.36. The van der Waals surface area contributed by atoms with Crippen LogP contribution < -0.4 is 0 Å². The third-order valence-electron chi connectivity index (χ3n) is 2.72. The van der Waals surface area contributed by atoms with E-state index in [1.165, 1.54) is 25.7 Å². The Balaban J connectivity index is 2.33. The molecule has 1 heterocycles. The molecule has 13 heavy (non-hydrogen) atoms. The van der Waals surface area contributed by atoms with E-state index < -0.39 is 0 Å². The van der Waals surface area contributed by atoms with Gasteiger partial charge in [0.25, 0.3) is 0 Å². The third-order valence-corrected chi connectivity index (χ3v) is 2.72. The van der Waals surface area contributed by atoms with Crippen LogP contribution in [-0.2, 0) is 0 Å². The molecule has 0 atom stereocenters. The number of rotatable bonds is 1. The van der Waals surface area contributed by atoms with Crippen molar-refractivity contribution in [2.75, 3.05) is 0 Å². The number of imidazole rings is 1. The minimum atomic E-state index is 0.552. The smallest absolute Gasteiger partial charge is 0.162 e. The number of nitrogens with one attached hydrogen (secondary N) is 1. The van der Waals surface area contributed by atoms with Crippen molar-refractivity contribution >= 4 is 0 Å². The second kappa shape index (κ2) is 3.21. The van der Waals surface area contributed by atoms with E-state index in [4.69, 9.17) is 5.26 Å². The Kier molecular flexibility index (Phi) is 2.05. The van der Waals surface area contributed by atoms with E-state index in [-0.39, 0.29) is 0 Å². The summed E-state index contributed by atoms with van der Waals surface area (Å²) in [7, 11) is 0. The molecule has 1 aliphatic carbocycles. The van der Waals surface area contributed by atoms with E-state index in [1.54, 1.807) is 0 Å². The van der Waals surface area contributed by atoms with Crippen LogP contribution in [0.4, 0.5) is 0 Å². The van der Waals surface area contributed by atoms with Gasteiger partial charge in [-0.15, -0.1) is 0 Å². The number of H-pyrrole nitrogens is 1. The Labute approximate surface area is 77.8 Å². The van der Waals surface area contributed by atoms with Gasteiger partial charge in [-0.2, -0.15) is 5.26 Å². The molecule has 2 rings (SSSR count). The first-order valence-corrected chi connectivity index (χ1v) is 4.78. The molecule has 0 spiro atoms. The number of nitrogens with zero attached hydrogens (tertiary/aromatic N) is 2. The van der Waals surface area contributed by atoms with Gasteiger partial charge in [0, 0.05) is 5.92 Å². The summed E-state index contributed by atoms with van der Waals surface area (Å²) in [6.45, 7) is 1.90. The van der Waals surface area contributed by atoms with Crippen molar-refractivity contribution in [2.45, 2.75) is 38.5 Å². The Hall–Kier alpha value is -1.30. The van der Waals surface area contributed by atoms with Crippen LogP contribution >= 0.6 is 0 Å². The fourth-order valence-corrected chi connectivity index (χ4v) is 2.11. The van der Waals surface area contributed by atoms with Crippen LogP contribution in [0.3, 0.4) is 0 Å². The van der Waals surface area contributed by atoms with E-state index in [0.717, 1.165) is 11.5 Å². The highest BCUT2D eigenvalue weighted by atomic mass is 14.9. The molecule has 1 saturated carbocycles. The van der Waals surface area contributed by atoms with Crippen molar-refractivity contribution < 1.29 is 0 Å². The standard InChI is InChI=1S/C10H13N3/c1-7-12-9(6-11)10(13-7)8-4-2-3-5-8/h8H,2-5H2,1H3,(H,12,13). The molecule has 0 amide bonds. The van der Waals surface area contributed by atoms with Crippen LogP contribution in [0.2, 0.25) is 0 Å². The maximum Gasteiger partial charge on any atom is 0.162 e. The van der Waals surface area contributed by atoms with Crippen LogP contribution in [0.5, 0.6) is 0 Å². The molecule has 68 valence electrons. The quantitative estimate of drug-likeness (QED) is 0.711. The summed E-state index contributed by atoms with van der Waals surface area (Å²) in [6, 6.07) is 2.15. The van der Waals surface area contributed by atoms with Crippen molar-refractivity contribution in [3.05, 3.63) is 17.2 Å². The topological polar surface area (TPSA) is 52.5 Å². The summed E-state index contributed by atoms with van der Waals surface area (Å²) < 4.78 is 0. The van der Waals surface area contributed by atoms with Gasteiger partial charge in [0.1, 0.15) is 11.9 Å². The van der Waals surface area contributed by atoms with Crippen molar-refractivity contribution in [1.29, 1.82) is 5.26 Å². The zero-order valence-corrected chi connectivity index (χ0v) is 7.80. The predicted octanol–water partition coefficient (Wildman–Crippen LogP) is 2.25. The van der Waals surface area contributed by atoms with Crippen molar-refractivity contribution in [3.8, 4) is 6.07 Å². The predicted molar refractivity (Wildman–Crippen MR) is 49.2 cm³/mol. The molecule has 3 nitrogen and oxygen atoms in total. The monoisotopic (exact) mass is 175 g/mol. The van der Waals surface area contributed by atoms with E-state index >= 15 is 0 Å². The molecule has 1 aromatic heterocycles. The fourth-order valence-electron chi connectivity index (χ4n) is 2.11. The molecule has 1 aliphatic rings. The lowest BCUT2D eigenvalue weighted by atomic mass is 10.0. The van der Waals surface area contributed by atoms with Gasteiger partial charge >= 0.3 is 0 Å². The van der Waals surface area contributed by atoms with Crippen LogP contribution in [-0.4, -0.2) is 9.97 Å². The largest absolute Gasteiger partial charge is 0.345 e. The summed E-state index contributed by atoms with van der Waals surface area (Å²) >= 11 is 0. The highest BCUT2D eigenvalue weighted by molar-refractivity contribution is 5.30. The minimum absolute atomic E-state index is 0.552. The lowest BCUT2D eigenvalue weighted by molar-refractivity contribution is 0.698. The number of hydrogen-bond acceptors (Lipinski definition) is 2. The number of hydrogen-bond donors (Lipinski definition) is 1. The molecule has 0 aromatic carbocycles. The van der Waals surface area contributed by atoms with Gasteiger partial charge in [-0.1, -0.05) is 12.8 Å². The zero-order chi connectivity index (χ0) is 9.26. The number of aryl methyl sites for hydroxylation is 1. The van der Waals surface area contributed by atoms with E-state index in [9.17, 15) is 0 Å². The van der Waals surface area contributed by atoms with E-state index in [2.05, 4.69) is 16.0 Å². The van der Waals surface area contributed by atoms with Gasteiger partial charge in [-0.3, -0.25) is 0 Å². The molecule has 1 aromatic rings. The summed E-state index contributed by atoms with van der Waals surface area (Å²) in [6.07, 6.45) is 4.98. The first kappa shape index (κ1) is 8.31. The van der Waals surface area contributed by atoms with Crippen LogP contribution in [0, 0.1) is 18.3 Å². The van der Waals surface area contributed by atoms with E-state index in [0.29, 0.717) is 11.6 Å². The normalized spacial score (nSPS) is 17.5. The molecule has 0 saturated heterocycles. The SMILES string of the molecule is Cc1nc(C#N)c(C2CCCC2)[nH]1. The minimum Gasteiger partial charge on any atom is -0.345 e. The van der Waals surface area contributed by atoms with Crippen LogP contribution in [0.1, 0.15) is 48.8 Å². The summed E-state index contributed by atoms with van der Waals surface area (Å²) in [5.74, 6) is 1.41. The molecule has 3 heteroatoms. The number of aromatic nitrogens is 2. The third kappa shape index (κ3) is 1.44. The first-order valence-electron chi connectivity index (χ1n) is 4.78. The lowest BCUT2D eigenvalue weighted by Crippen LogP contribution is -1.95. The Morgan fingerprint density at radius 3 is 2.77 bits per heavy atom. The molecular formula is C10H13N3. The number of aromatic amines is 1. The summed E-state index contributed by atoms with van der Waals surface area (Å²) in [5, 5.41) is 8.86. The van der Waals surface area contributed by atoms with Gasteiger partial charge < -0.3 is 4.98 Å².